The van der Waals surface area contributed by atoms with Crippen molar-refractivity contribution in [2.24, 2.45) is 0 Å². The Bertz CT molecular complexity index is 534. The van der Waals surface area contributed by atoms with Crippen molar-refractivity contribution in [3.63, 3.8) is 0 Å². The van der Waals surface area contributed by atoms with Crippen LogP contribution in [0.4, 0.5) is 10.5 Å². The van der Waals surface area contributed by atoms with Crippen molar-refractivity contribution in [3.8, 4) is 0 Å². The number of hydrogen-bond donors (Lipinski definition) is 2. The Kier molecular flexibility index (Phi) is 5.90. The van der Waals surface area contributed by atoms with E-state index in [4.69, 9.17) is 5.11 Å². The van der Waals surface area contributed by atoms with E-state index in [2.05, 4.69) is 5.32 Å². The topological polar surface area (TPSA) is 86.7 Å². The summed E-state index contributed by atoms with van der Waals surface area (Å²) in [5, 5.41) is 10.7. The van der Waals surface area contributed by atoms with Crippen LogP contribution in [0.15, 0.2) is 18.2 Å². The normalized spacial score (nSPS) is 10.0. The summed E-state index contributed by atoms with van der Waals surface area (Å²) in [6.07, 6.45) is 0.134. The van der Waals surface area contributed by atoms with E-state index < -0.39 is 17.9 Å². The van der Waals surface area contributed by atoms with Crippen LogP contribution in [0.2, 0.25) is 0 Å². The van der Waals surface area contributed by atoms with Gasteiger partial charge in [-0.25, -0.2) is 4.79 Å². The largest absolute Gasteiger partial charge is 0.481 e. The Labute approximate surface area is 123 Å². The lowest BCUT2D eigenvalue weighted by atomic mass is 10.1. The van der Waals surface area contributed by atoms with Crippen molar-refractivity contribution in [3.05, 3.63) is 29.3 Å². The second-order valence-electron chi connectivity index (χ2n) is 5.01. The number of rotatable bonds is 5. The van der Waals surface area contributed by atoms with Gasteiger partial charge in [-0.3, -0.25) is 19.8 Å². The third-order valence-corrected chi connectivity index (χ3v) is 2.94. The summed E-state index contributed by atoms with van der Waals surface area (Å²) in [4.78, 5) is 35.2. The van der Waals surface area contributed by atoms with Gasteiger partial charge in [0.1, 0.15) is 0 Å². The first-order valence-electron chi connectivity index (χ1n) is 6.67. The van der Waals surface area contributed by atoms with Gasteiger partial charge in [0.2, 0.25) is 5.91 Å². The van der Waals surface area contributed by atoms with Crippen molar-refractivity contribution in [2.45, 2.75) is 33.1 Å². The van der Waals surface area contributed by atoms with Crippen LogP contribution in [0.25, 0.3) is 0 Å². The number of anilines is 1. The molecule has 0 heterocycles. The van der Waals surface area contributed by atoms with Gasteiger partial charge in [0, 0.05) is 25.6 Å². The summed E-state index contributed by atoms with van der Waals surface area (Å²) >= 11 is 0. The molecule has 0 aliphatic rings. The minimum atomic E-state index is -0.957. The monoisotopic (exact) mass is 292 g/mol. The minimum absolute atomic E-state index is 0.0126. The highest BCUT2D eigenvalue weighted by molar-refractivity contribution is 6.02. The zero-order valence-corrected chi connectivity index (χ0v) is 12.5. The van der Waals surface area contributed by atoms with Crippen molar-refractivity contribution in [2.75, 3.05) is 11.9 Å². The number of amides is 3. The molecule has 1 aromatic carbocycles. The molecule has 0 bridgehead atoms. The molecule has 0 radical (unpaired) electrons. The van der Waals surface area contributed by atoms with Gasteiger partial charge in [-0.15, -0.1) is 0 Å². The average molecular weight is 292 g/mol. The van der Waals surface area contributed by atoms with Gasteiger partial charge >= 0.3 is 12.0 Å². The van der Waals surface area contributed by atoms with E-state index in [1.807, 2.05) is 32.0 Å². The molecular formula is C15H20N2O4. The van der Waals surface area contributed by atoms with Gasteiger partial charge in [0.15, 0.2) is 0 Å². The number of aryl methyl sites for hydroxylation is 2. The maximum Gasteiger partial charge on any atom is 0.328 e. The van der Waals surface area contributed by atoms with Gasteiger partial charge < -0.3 is 5.11 Å². The summed E-state index contributed by atoms with van der Waals surface area (Å²) in [5.74, 6) is -1.43. The van der Waals surface area contributed by atoms with Crippen LogP contribution in [0.3, 0.4) is 0 Å². The lowest BCUT2D eigenvalue weighted by Crippen LogP contribution is -2.40. The molecule has 6 nitrogen and oxygen atoms in total. The molecule has 21 heavy (non-hydrogen) atoms. The fourth-order valence-electron chi connectivity index (χ4n) is 1.93. The molecule has 1 aromatic rings. The van der Waals surface area contributed by atoms with E-state index in [1.165, 1.54) is 4.90 Å². The first kappa shape index (κ1) is 16.7. The van der Waals surface area contributed by atoms with Crippen LogP contribution in [0, 0.1) is 13.8 Å². The van der Waals surface area contributed by atoms with Crippen LogP contribution >= 0.6 is 0 Å². The predicted octanol–water partition coefficient (Wildman–Crippen LogP) is 2.23. The van der Waals surface area contributed by atoms with Crippen molar-refractivity contribution < 1.29 is 19.5 Å². The van der Waals surface area contributed by atoms with Crippen LogP contribution < -0.4 is 10.2 Å². The third kappa shape index (κ3) is 5.64. The molecule has 0 aliphatic carbocycles. The van der Waals surface area contributed by atoms with Crippen LogP contribution in [0.1, 0.15) is 30.4 Å². The van der Waals surface area contributed by atoms with E-state index in [0.717, 1.165) is 11.1 Å². The molecular weight excluding hydrogens is 272 g/mol. The maximum atomic E-state index is 12.0. The van der Waals surface area contributed by atoms with Gasteiger partial charge in [-0.1, -0.05) is 6.07 Å². The van der Waals surface area contributed by atoms with E-state index in [0.29, 0.717) is 5.69 Å². The van der Waals surface area contributed by atoms with Crippen molar-refractivity contribution in [1.82, 2.24) is 5.32 Å². The standard InChI is InChI=1S/C15H20N2O4/c1-10-7-11(2)9-12(8-10)17(3)15(21)16-13(18)5-4-6-14(19)20/h7-9H,4-6H2,1-3H3,(H,19,20)(H,16,18,21). The van der Waals surface area contributed by atoms with Crippen molar-refractivity contribution >= 4 is 23.6 Å². The molecule has 0 saturated heterocycles. The molecule has 6 heteroatoms. The predicted molar refractivity (Wildman–Crippen MR) is 79.3 cm³/mol. The molecule has 1 rings (SSSR count). The number of nitrogens with zero attached hydrogens (tertiary/aromatic N) is 1. The molecule has 0 atom stereocenters. The Morgan fingerprint density at radius 2 is 1.67 bits per heavy atom. The zero-order valence-electron chi connectivity index (χ0n) is 12.5. The number of imide groups is 1. The third-order valence-electron chi connectivity index (χ3n) is 2.94. The average Bonchev–Trinajstić information content (AvgIpc) is 2.35. The van der Waals surface area contributed by atoms with E-state index >= 15 is 0 Å². The Hall–Kier alpha value is -2.37. The lowest BCUT2D eigenvalue weighted by Gasteiger charge is -2.18. The second-order valence-corrected chi connectivity index (χ2v) is 5.01. The fraction of sp³-hybridized carbons (Fsp3) is 0.400. The molecule has 2 N–H and O–H groups in total. The number of carbonyl (C=O) groups is 3. The highest BCUT2D eigenvalue weighted by Gasteiger charge is 2.14. The number of carboxylic acids is 1. The number of nitrogens with one attached hydrogen (secondary N) is 1. The Morgan fingerprint density at radius 1 is 1.10 bits per heavy atom. The first-order chi connectivity index (χ1) is 9.79. The molecule has 0 aromatic heterocycles. The molecule has 3 amide bonds. The molecule has 114 valence electrons. The van der Waals surface area contributed by atoms with Gasteiger partial charge in [0.25, 0.3) is 0 Å². The van der Waals surface area contributed by atoms with Gasteiger partial charge in [-0.05, 0) is 43.5 Å². The Morgan fingerprint density at radius 3 is 2.19 bits per heavy atom. The highest BCUT2D eigenvalue weighted by Crippen LogP contribution is 2.17. The van der Waals surface area contributed by atoms with Gasteiger partial charge in [-0.2, -0.15) is 0 Å². The van der Waals surface area contributed by atoms with E-state index in [-0.39, 0.29) is 19.3 Å². The maximum absolute atomic E-state index is 12.0. The number of hydrogen-bond acceptors (Lipinski definition) is 3. The number of urea groups is 1. The second kappa shape index (κ2) is 7.42. The Balaban J connectivity index is 2.58. The smallest absolute Gasteiger partial charge is 0.328 e. The molecule has 0 unspecified atom stereocenters. The summed E-state index contributed by atoms with van der Waals surface area (Å²) in [6, 6.07) is 5.16. The number of carbonyl (C=O) groups excluding carboxylic acids is 2. The summed E-state index contributed by atoms with van der Waals surface area (Å²) in [5.41, 5.74) is 2.75. The van der Waals surface area contributed by atoms with Crippen LogP contribution in [0.5, 0.6) is 0 Å². The summed E-state index contributed by atoms with van der Waals surface area (Å²) in [7, 11) is 1.58. The molecule has 0 spiro atoms. The molecule has 0 fully saturated rings. The van der Waals surface area contributed by atoms with Crippen LogP contribution in [-0.4, -0.2) is 30.1 Å². The number of carboxylic acid groups (broad SMARTS) is 1. The number of benzene rings is 1. The van der Waals surface area contributed by atoms with Crippen LogP contribution in [-0.2, 0) is 9.59 Å². The zero-order chi connectivity index (χ0) is 16.0. The van der Waals surface area contributed by atoms with Crippen molar-refractivity contribution in [1.29, 1.82) is 0 Å². The van der Waals surface area contributed by atoms with Gasteiger partial charge in [0.05, 0.1) is 0 Å². The summed E-state index contributed by atoms with van der Waals surface area (Å²) in [6.45, 7) is 3.86. The molecule has 0 aliphatic heterocycles. The number of aliphatic carboxylic acids is 1. The minimum Gasteiger partial charge on any atom is -0.481 e. The summed E-state index contributed by atoms with van der Waals surface area (Å²) < 4.78 is 0. The fourth-order valence-corrected chi connectivity index (χ4v) is 1.93. The SMILES string of the molecule is Cc1cc(C)cc(N(C)C(=O)NC(=O)CCCC(=O)O)c1. The highest BCUT2D eigenvalue weighted by atomic mass is 16.4. The lowest BCUT2D eigenvalue weighted by molar-refractivity contribution is -0.137. The first-order valence-corrected chi connectivity index (χ1v) is 6.67. The molecule has 0 saturated carbocycles. The van der Waals surface area contributed by atoms with E-state index in [1.54, 1.807) is 7.05 Å². The van der Waals surface area contributed by atoms with E-state index in [9.17, 15) is 14.4 Å². The quantitative estimate of drug-likeness (QED) is 0.871.